The summed E-state index contributed by atoms with van der Waals surface area (Å²) < 4.78 is 0. The van der Waals surface area contributed by atoms with Crippen molar-refractivity contribution < 1.29 is 9.90 Å². The summed E-state index contributed by atoms with van der Waals surface area (Å²) >= 11 is 0. The van der Waals surface area contributed by atoms with Gasteiger partial charge in [-0.2, -0.15) is 0 Å². The number of carbonyl (C=O) groups is 1. The molecule has 108 valence electrons. The van der Waals surface area contributed by atoms with E-state index in [2.05, 4.69) is 20.6 Å². The first-order valence-corrected chi connectivity index (χ1v) is 7.23. The van der Waals surface area contributed by atoms with Crippen LogP contribution in [0.4, 0.5) is 0 Å². The number of H-pyrrole nitrogens is 1. The van der Waals surface area contributed by atoms with Crippen LogP contribution >= 0.6 is 0 Å². The van der Waals surface area contributed by atoms with Crippen molar-refractivity contribution in [2.45, 2.75) is 70.6 Å². The Balaban J connectivity index is 1.75. The zero-order valence-corrected chi connectivity index (χ0v) is 11.5. The van der Waals surface area contributed by atoms with Gasteiger partial charge in [0.05, 0.1) is 0 Å². The second kappa shape index (κ2) is 10.5. The van der Waals surface area contributed by atoms with E-state index in [1.54, 1.807) is 0 Å². The SMILES string of the molecule is O=C(O)CCCCCCCCCCCc1nnn[nH]1. The molecule has 0 fully saturated rings. The van der Waals surface area contributed by atoms with Gasteiger partial charge in [-0.05, 0) is 23.3 Å². The number of hydrogen-bond donors (Lipinski definition) is 2. The van der Waals surface area contributed by atoms with E-state index in [1.165, 1.54) is 32.1 Å². The highest BCUT2D eigenvalue weighted by atomic mass is 16.4. The number of carboxylic acids is 1. The number of aryl methyl sites for hydroxylation is 1. The Kier molecular flexibility index (Phi) is 8.59. The van der Waals surface area contributed by atoms with Gasteiger partial charge in [0.2, 0.25) is 0 Å². The van der Waals surface area contributed by atoms with Crippen molar-refractivity contribution in [2.75, 3.05) is 0 Å². The van der Waals surface area contributed by atoms with E-state index in [-0.39, 0.29) is 0 Å². The monoisotopic (exact) mass is 268 g/mol. The molecular formula is C13H24N4O2. The van der Waals surface area contributed by atoms with E-state index in [0.717, 1.165) is 37.9 Å². The number of aliphatic carboxylic acids is 1. The van der Waals surface area contributed by atoms with Crippen molar-refractivity contribution in [3.8, 4) is 0 Å². The Labute approximate surface area is 114 Å². The molecule has 1 heterocycles. The molecule has 1 aromatic heterocycles. The van der Waals surface area contributed by atoms with Gasteiger partial charge < -0.3 is 5.11 Å². The highest BCUT2D eigenvalue weighted by Gasteiger charge is 1.98. The topological polar surface area (TPSA) is 91.8 Å². The zero-order valence-electron chi connectivity index (χ0n) is 11.5. The Morgan fingerprint density at radius 1 is 0.947 bits per heavy atom. The molecule has 0 aliphatic rings. The van der Waals surface area contributed by atoms with Crippen molar-refractivity contribution in [1.29, 1.82) is 0 Å². The second-order valence-corrected chi connectivity index (χ2v) is 4.92. The maximum absolute atomic E-state index is 10.3. The minimum Gasteiger partial charge on any atom is -0.481 e. The smallest absolute Gasteiger partial charge is 0.303 e. The Hall–Kier alpha value is -1.46. The van der Waals surface area contributed by atoms with E-state index in [4.69, 9.17) is 5.11 Å². The molecule has 6 nitrogen and oxygen atoms in total. The lowest BCUT2D eigenvalue weighted by molar-refractivity contribution is -0.137. The molecule has 0 atom stereocenters. The van der Waals surface area contributed by atoms with Crippen molar-refractivity contribution in [3.63, 3.8) is 0 Å². The molecule has 0 spiro atoms. The van der Waals surface area contributed by atoms with Gasteiger partial charge in [0.1, 0.15) is 5.82 Å². The lowest BCUT2D eigenvalue weighted by Gasteiger charge is -2.01. The van der Waals surface area contributed by atoms with E-state index < -0.39 is 5.97 Å². The number of nitrogens with zero attached hydrogens (tertiary/aromatic N) is 3. The standard InChI is InChI=1S/C13H24N4O2/c18-13(19)11-9-7-5-3-1-2-4-6-8-10-12-14-16-17-15-12/h1-11H2,(H,18,19)(H,14,15,16,17). The summed E-state index contributed by atoms with van der Waals surface area (Å²) in [4.78, 5) is 10.3. The molecule has 0 amide bonds. The van der Waals surface area contributed by atoms with Crippen LogP contribution in [-0.4, -0.2) is 31.7 Å². The molecule has 0 saturated heterocycles. The fraction of sp³-hybridized carbons (Fsp3) is 0.846. The molecule has 0 aromatic carbocycles. The molecular weight excluding hydrogens is 244 g/mol. The molecule has 0 saturated carbocycles. The van der Waals surface area contributed by atoms with Gasteiger partial charge in [-0.25, -0.2) is 5.10 Å². The highest BCUT2D eigenvalue weighted by molar-refractivity contribution is 5.66. The molecule has 1 rings (SSSR count). The Morgan fingerprint density at radius 3 is 2.05 bits per heavy atom. The summed E-state index contributed by atoms with van der Waals surface area (Å²) in [5.41, 5.74) is 0. The van der Waals surface area contributed by atoms with Crippen LogP contribution in [0.5, 0.6) is 0 Å². The van der Waals surface area contributed by atoms with Crippen LogP contribution in [-0.2, 0) is 11.2 Å². The normalized spacial score (nSPS) is 10.7. The average molecular weight is 268 g/mol. The van der Waals surface area contributed by atoms with Gasteiger partial charge in [0, 0.05) is 12.8 Å². The maximum Gasteiger partial charge on any atom is 0.303 e. The summed E-state index contributed by atoms with van der Waals surface area (Å²) in [5, 5.41) is 22.2. The summed E-state index contributed by atoms with van der Waals surface area (Å²) in [5.74, 6) is 0.195. The zero-order chi connectivity index (χ0) is 13.8. The van der Waals surface area contributed by atoms with E-state index in [9.17, 15) is 4.79 Å². The number of carboxylic acid groups (broad SMARTS) is 1. The molecule has 2 N–H and O–H groups in total. The van der Waals surface area contributed by atoms with Crippen molar-refractivity contribution in [3.05, 3.63) is 5.82 Å². The summed E-state index contributed by atoms with van der Waals surface area (Å²) in [6.07, 6.45) is 11.7. The number of unbranched alkanes of at least 4 members (excludes halogenated alkanes) is 8. The van der Waals surface area contributed by atoms with Crippen molar-refractivity contribution in [1.82, 2.24) is 20.6 Å². The molecule has 0 aliphatic carbocycles. The summed E-state index contributed by atoms with van der Waals surface area (Å²) in [7, 11) is 0. The molecule has 1 aromatic rings. The third-order valence-electron chi connectivity index (χ3n) is 3.19. The number of aromatic amines is 1. The number of nitrogens with one attached hydrogen (secondary N) is 1. The first-order chi connectivity index (χ1) is 9.29. The molecule has 19 heavy (non-hydrogen) atoms. The largest absolute Gasteiger partial charge is 0.481 e. The lowest BCUT2D eigenvalue weighted by atomic mass is 10.1. The molecule has 0 radical (unpaired) electrons. The Morgan fingerprint density at radius 2 is 1.53 bits per heavy atom. The van der Waals surface area contributed by atoms with E-state index in [0.29, 0.717) is 6.42 Å². The number of hydrogen-bond acceptors (Lipinski definition) is 4. The second-order valence-electron chi connectivity index (χ2n) is 4.92. The van der Waals surface area contributed by atoms with E-state index in [1.807, 2.05) is 0 Å². The first kappa shape index (κ1) is 15.6. The van der Waals surface area contributed by atoms with Crippen LogP contribution in [0.15, 0.2) is 0 Å². The van der Waals surface area contributed by atoms with Gasteiger partial charge >= 0.3 is 5.97 Å². The minimum atomic E-state index is -0.679. The quantitative estimate of drug-likeness (QED) is 0.569. The molecule has 0 unspecified atom stereocenters. The summed E-state index contributed by atoms with van der Waals surface area (Å²) in [6.45, 7) is 0. The third kappa shape index (κ3) is 9.16. The minimum absolute atomic E-state index is 0.316. The number of tetrazole rings is 1. The average Bonchev–Trinajstić information content (AvgIpc) is 2.88. The third-order valence-corrected chi connectivity index (χ3v) is 3.19. The molecule has 0 aliphatic heterocycles. The summed E-state index contributed by atoms with van der Waals surface area (Å²) in [6, 6.07) is 0. The van der Waals surface area contributed by atoms with Crippen LogP contribution in [0.1, 0.15) is 70.0 Å². The lowest BCUT2D eigenvalue weighted by Crippen LogP contribution is -1.93. The van der Waals surface area contributed by atoms with Crippen LogP contribution in [0.25, 0.3) is 0 Å². The Bertz CT molecular complexity index is 327. The van der Waals surface area contributed by atoms with Gasteiger partial charge in [-0.1, -0.05) is 44.9 Å². The van der Waals surface area contributed by atoms with Crippen LogP contribution in [0.2, 0.25) is 0 Å². The number of rotatable bonds is 12. The van der Waals surface area contributed by atoms with Gasteiger partial charge in [0.15, 0.2) is 0 Å². The van der Waals surface area contributed by atoms with Gasteiger partial charge in [-0.15, -0.1) is 5.10 Å². The van der Waals surface area contributed by atoms with Crippen molar-refractivity contribution >= 4 is 5.97 Å². The van der Waals surface area contributed by atoms with Crippen LogP contribution in [0.3, 0.4) is 0 Å². The maximum atomic E-state index is 10.3. The van der Waals surface area contributed by atoms with Gasteiger partial charge in [-0.3, -0.25) is 4.79 Å². The van der Waals surface area contributed by atoms with Crippen molar-refractivity contribution in [2.24, 2.45) is 0 Å². The number of aromatic nitrogens is 4. The highest BCUT2D eigenvalue weighted by Crippen LogP contribution is 2.11. The van der Waals surface area contributed by atoms with Crippen LogP contribution in [0, 0.1) is 0 Å². The van der Waals surface area contributed by atoms with Gasteiger partial charge in [0.25, 0.3) is 0 Å². The fourth-order valence-electron chi connectivity index (χ4n) is 2.09. The fourth-order valence-corrected chi connectivity index (χ4v) is 2.09. The predicted octanol–water partition coefficient (Wildman–Crippen LogP) is 2.73. The van der Waals surface area contributed by atoms with Crippen LogP contribution < -0.4 is 0 Å². The molecule has 0 bridgehead atoms. The van der Waals surface area contributed by atoms with E-state index >= 15 is 0 Å². The first-order valence-electron chi connectivity index (χ1n) is 7.23. The molecule has 6 heteroatoms. The predicted molar refractivity (Wildman–Crippen MR) is 71.7 cm³/mol.